The highest BCUT2D eigenvalue weighted by Gasteiger charge is 2.24. The molecule has 0 N–H and O–H groups in total. The van der Waals surface area contributed by atoms with Gasteiger partial charge in [-0.05, 0) is 50.1 Å². The summed E-state index contributed by atoms with van der Waals surface area (Å²) < 4.78 is 14.1. The zero-order chi connectivity index (χ0) is 20.9. The highest BCUT2D eigenvalue weighted by Crippen LogP contribution is 2.38. The van der Waals surface area contributed by atoms with Gasteiger partial charge in [0.1, 0.15) is 0 Å². The Balaban J connectivity index is 1.56. The number of anilines is 1. The van der Waals surface area contributed by atoms with E-state index in [1.54, 1.807) is 0 Å². The standard InChI is InChI=1S/C24H24N2O4/c1-2-25-18-10-3-5-12-20(18)29-22(25)14-9-15-23-26(17-8-7-16-24(27)28)19-11-4-6-13-21(19)30-23/h3-6,9-15H,2,7-8,16-17H2,1H3. The van der Waals surface area contributed by atoms with Crippen molar-refractivity contribution in [3.63, 3.8) is 0 Å². The molecule has 154 valence electrons. The van der Waals surface area contributed by atoms with Crippen molar-refractivity contribution in [2.75, 3.05) is 11.4 Å². The Morgan fingerprint density at radius 2 is 1.93 bits per heavy atom. The molecule has 0 saturated heterocycles. The van der Waals surface area contributed by atoms with E-state index >= 15 is 0 Å². The number of para-hydroxylation sites is 4. The molecule has 1 aromatic heterocycles. The summed E-state index contributed by atoms with van der Waals surface area (Å²) in [4.78, 5) is 12.8. The van der Waals surface area contributed by atoms with E-state index in [2.05, 4.69) is 16.4 Å². The summed E-state index contributed by atoms with van der Waals surface area (Å²) in [5.74, 6) is 1.32. The van der Waals surface area contributed by atoms with Crippen LogP contribution in [0.5, 0.6) is 5.75 Å². The molecule has 1 aliphatic rings. The summed E-state index contributed by atoms with van der Waals surface area (Å²) in [5, 5.41) is 10.7. The van der Waals surface area contributed by atoms with E-state index in [4.69, 9.17) is 9.15 Å². The molecule has 4 rings (SSSR count). The van der Waals surface area contributed by atoms with Gasteiger partial charge in [-0.1, -0.05) is 24.3 Å². The minimum absolute atomic E-state index is 0.0678. The van der Waals surface area contributed by atoms with Crippen LogP contribution < -0.4 is 19.3 Å². The number of hydrogen-bond acceptors (Lipinski definition) is 5. The second kappa shape index (κ2) is 8.86. The number of aryl methyl sites for hydroxylation is 1. The Hall–Kier alpha value is -3.54. The number of hydrogen-bond donors (Lipinski definition) is 0. The molecular formula is C24H24N2O4. The van der Waals surface area contributed by atoms with Gasteiger partial charge in [0.25, 0.3) is 5.52 Å². The van der Waals surface area contributed by atoms with E-state index < -0.39 is 5.97 Å². The van der Waals surface area contributed by atoms with Crippen LogP contribution in [0.1, 0.15) is 32.1 Å². The lowest BCUT2D eigenvalue weighted by Gasteiger charge is -2.14. The van der Waals surface area contributed by atoms with Crippen molar-refractivity contribution in [2.24, 2.45) is 0 Å². The maximum Gasteiger partial charge on any atom is 0.374 e. The smallest absolute Gasteiger partial charge is 0.374 e. The van der Waals surface area contributed by atoms with E-state index in [1.807, 2.05) is 66.8 Å². The zero-order valence-electron chi connectivity index (χ0n) is 16.9. The van der Waals surface area contributed by atoms with Gasteiger partial charge in [0.2, 0.25) is 11.5 Å². The average Bonchev–Trinajstić information content (AvgIpc) is 3.28. The van der Waals surface area contributed by atoms with Crippen LogP contribution in [0.25, 0.3) is 17.2 Å². The van der Waals surface area contributed by atoms with Gasteiger partial charge in [0, 0.05) is 25.0 Å². The van der Waals surface area contributed by atoms with Crippen molar-refractivity contribution in [1.82, 2.24) is 0 Å². The average molecular weight is 404 g/mol. The third kappa shape index (κ3) is 4.08. The molecule has 30 heavy (non-hydrogen) atoms. The first-order valence-electron chi connectivity index (χ1n) is 10.2. The Morgan fingerprint density at radius 3 is 2.77 bits per heavy atom. The quantitative estimate of drug-likeness (QED) is 0.425. The molecule has 0 aliphatic carbocycles. The summed E-state index contributed by atoms with van der Waals surface area (Å²) >= 11 is 0. The summed E-state index contributed by atoms with van der Waals surface area (Å²) in [6, 6.07) is 15.8. The van der Waals surface area contributed by atoms with Crippen LogP contribution in [-0.2, 0) is 11.3 Å². The number of carbonyl (C=O) groups is 1. The number of carboxylic acids is 1. The number of carbonyl (C=O) groups excluding carboxylic acids is 1. The number of benzene rings is 2. The third-order valence-corrected chi connectivity index (χ3v) is 5.08. The van der Waals surface area contributed by atoms with Crippen LogP contribution in [0.3, 0.4) is 0 Å². The topological polar surface area (TPSA) is 69.6 Å². The first-order valence-corrected chi connectivity index (χ1v) is 10.2. The van der Waals surface area contributed by atoms with Gasteiger partial charge >= 0.3 is 5.89 Å². The van der Waals surface area contributed by atoms with Crippen molar-refractivity contribution in [1.29, 1.82) is 0 Å². The van der Waals surface area contributed by atoms with Crippen molar-refractivity contribution in [2.45, 2.75) is 32.7 Å². The second-order valence-corrected chi connectivity index (χ2v) is 7.07. The molecule has 6 heteroatoms. The number of rotatable bonds is 8. The van der Waals surface area contributed by atoms with Crippen LogP contribution in [0, 0.1) is 0 Å². The fraction of sp³-hybridized carbons (Fsp3) is 0.250. The number of aromatic nitrogens is 1. The van der Waals surface area contributed by atoms with Gasteiger partial charge in [-0.3, -0.25) is 0 Å². The molecule has 0 spiro atoms. The highest BCUT2D eigenvalue weighted by atomic mass is 16.5. The van der Waals surface area contributed by atoms with Gasteiger partial charge < -0.3 is 24.0 Å². The molecule has 0 bridgehead atoms. The largest absolute Gasteiger partial charge is 0.550 e. The van der Waals surface area contributed by atoms with Crippen molar-refractivity contribution < 1.29 is 23.6 Å². The van der Waals surface area contributed by atoms with E-state index in [0.29, 0.717) is 18.9 Å². The second-order valence-electron chi connectivity index (χ2n) is 7.07. The molecule has 2 aromatic carbocycles. The first kappa shape index (κ1) is 19.8. The van der Waals surface area contributed by atoms with Crippen molar-refractivity contribution in [3.8, 4) is 5.75 Å². The number of allylic oxidation sites excluding steroid dienone is 2. The van der Waals surface area contributed by atoms with Crippen LogP contribution in [0.15, 0.2) is 71.0 Å². The SMILES string of the molecule is CCN1C(=CC=Cc2oc3ccccc3[n+]2CCCCC(=O)[O-])Oc2ccccc21. The minimum Gasteiger partial charge on any atom is -0.550 e. The number of ether oxygens (including phenoxy) is 1. The van der Waals surface area contributed by atoms with E-state index in [0.717, 1.165) is 41.4 Å². The van der Waals surface area contributed by atoms with Gasteiger partial charge in [-0.2, -0.15) is 4.57 Å². The lowest BCUT2D eigenvalue weighted by Crippen LogP contribution is -2.35. The Kier molecular flexibility index (Phi) is 5.84. The van der Waals surface area contributed by atoms with E-state index in [9.17, 15) is 9.90 Å². The predicted octanol–water partition coefficient (Wildman–Crippen LogP) is 3.41. The van der Waals surface area contributed by atoms with Gasteiger partial charge in [-0.25, -0.2) is 0 Å². The summed E-state index contributed by atoms with van der Waals surface area (Å²) in [6.45, 7) is 3.56. The summed E-state index contributed by atoms with van der Waals surface area (Å²) in [5.41, 5.74) is 2.84. The molecule has 3 aromatic rings. The molecule has 0 fully saturated rings. The maximum absolute atomic E-state index is 10.7. The van der Waals surface area contributed by atoms with Gasteiger partial charge in [-0.15, -0.1) is 0 Å². The summed E-state index contributed by atoms with van der Waals surface area (Å²) in [6.07, 6.45) is 7.12. The molecule has 1 aliphatic heterocycles. The number of carboxylic acid groups (broad SMARTS) is 1. The van der Waals surface area contributed by atoms with Gasteiger partial charge in [0.05, 0.1) is 11.8 Å². The molecule has 0 radical (unpaired) electrons. The fourth-order valence-electron chi connectivity index (χ4n) is 3.66. The lowest BCUT2D eigenvalue weighted by atomic mass is 10.2. The van der Waals surface area contributed by atoms with Crippen molar-refractivity contribution >= 4 is 28.8 Å². The molecular weight excluding hydrogens is 380 g/mol. The highest BCUT2D eigenvalue weighted by molar-refractivity contribution is 5.70. The monoisotopic (exact) mass is 404 g/mol. The number of nitrogens with zero attached hydrogens (tertiary/aromatic N) is 2. The zero-order valence-corrected chi connectivity index (χ0v) is 16.9. The van der Waals surface area contributed by atoms with E-state index in [1.165, 1.54) is 0 Å². The third-order valence-electron chi connectivity index (χ3n) is 5.08. The molecule has 0 saturated carbocycles. The normalized spacial score (nSPS) is 14.6. The predicted molar refractivity (Wildman–Crippen MR) is 112 cm³/mol. The number of oxazole rings is 1. The Morgan fingerprint density at radius 1 is 1.13 bits per heavy atom. The van der Waals surface area contributed by atoms with Crippen molar-refractivity contribution in [3.05, 3.63) is 72.5 Å². The maximum atomic E-state index is 10.7. The van der Waals surface area contributed by atoms with E-state index in [-0.39, 0.29) is 6.42 Å². The number of aliphatic carboxylic acids is 1. The van der Waals surface area contributed by atoms with Crippen LogP contribution in [0.4, 0.5) is 5.69 Å². The molecule has 0 amide bonds. The molecule has 0 unspecified atom stereocenters. The van der Waals surface area contributed by atoms with Crippen LogP contribution in [0.2, 0.25) is 0 Å². The number of unbranched alkanes of at least 4 members (excludes halogenated alkanes) is 1. The fourth-order valence-corrected chi connectivity index (χ4v) is 3.66. The summed E-state index contributed by atoms with van der Waals surface area (Å²) in [7, 11) is 0. The molecule has 0 atom stereocenters. The van der Waals surface area contributed by atoms with Crippen LogP contribution >= 0.6 is 0 Å². The molecule has 6 nitrogen and oxygen atoms in total. The lowest BCUT2D eigenvalue weighted by molar-refractivity contribution is -0.678. The minimum atomic E-state index is -1.01. The first-order chi connectivity index (χ1) is 14.7. The molecule has 2 heterocycles. The Bertz CT molecular complexity index is 1110. The Labute approximate surface area is 175 Å². The number of fused-ring (bicyclic) bond motifs is 2. The van der Waals surface area contributed by atoms with Crippen LogP contribution in [-0.4, -0.2) is 12.5 Å². The van der Waals surface area contributed by atoms with Gasteiger partial charge in [0.15, 0.2) is 12.3 Å².